The summed E-state index contributed by atoms with van der Waals surface area (Å²) in [5, 5.41) is 4.21. The lowest BCUT2D eigenvalue weighted by Crippen LogP contribution is -2.54. The van der Waals surface area contributed by atoms with Crippen LogP contribution in [0.4, 0.5) is 10.5 Å². The van der Waals surface area contributed by atoms with Crippen LogP contribution in [-0.2, 0) is 9.59 Å². The number of halogens is 1. The predicted molar refractivity (Wildman–Crippen MR) is 122 cm³/mol. The predicted octanol–water partition coefficient (Wildman–Crippen LogP) is 4.49. The molecule has 0 aromatic heterocycles. The average molecular weight is 451 g/mol. The van der Waals surface area contributed by atoms with Gasteiger partial charge in [-0.2, -0.15) is 0 Å². The number of nitrogens with one attached hydrogen (secondary N) is 1. The van der Waals surface area contributed by atoms with Gasteiger partial charge in [0.2, 0.25) is 0 Å². The number of urea groups is 1. The summed E-state index contributed by atoms with van der Waals surface area (Å²) < 4.78 is 10.8. The van der Waals surface area contributed by atoms with Crippen molar-refractivity contribution < 1.29 is 23.9 Å². The summed E-state index contributed by atoms with van der Waals surface area (Å²) in [7, 11) is 3.05. The summed E-state index contributed by atoms with van der Waals surface area (Å²) in [6, 6.07) is 13.1. The van der Waals surface area contributed by atoms with E-state index in [-0.39, 0.29) is 5.57 Å². The molecule has 1 saturated heterocycles. The lowest BCUT2D eigenvalue weighted by molar-refractivity contribution is -0.122. The van der Waals surface area contributed by atoms with Crippen molar-refractivity contribution in [3.8, 4) is 11.5 Å². The molecule has 162 valence electrons. The van der Waals surface area contributed by atoms with E-state index in [4.69, 9.17) is 21.1 Å². The second-order valence-electron chi connectivity index (χ2n) is 7.11. The van der Waals surface area contributed by atoms with Crippen LogP contribution in [0.2, 0.25) is 5.02 Å². The minimum absolute atomic E-state index is 0.211. The number of ether oxygens (including phenoxy) is 2. The molecule has 0 atom stereocenters. The van der Waals surface area contributed by atoms with Gasteiger partial charge in [-0.05, 0) is 59.7 Å². The number of barbiturate groups is 1. The van der Waals surface area contributed by atoms with Crippen LogP contribution in [0.5, 0.6) is 11.5 Å². The molecule has 32 heavy (non-hydrogen) atoms. The molecule has 3 aromatic carbocycles. The van der Waals surface area contributed by atoms with Crippen LogP contribution in [0, 0.1) is 6.92 Å². The van der Waals surface area contributed by atoms with Crippen LogP contribution in [0.1, 0.15) is 11.1 Å². The molecule has 4 amide bonds. The van der Waals surface area contributed by atoms with Crippen LogP contribution in [0.25, 0.3) is 16.8 Å². The first-order valence-corrected chi connectivity index (χ1v) is 10.0. The molecule has 1 aliphatic rings. The van der Waals surface area contributed by atoms with Gasteiger partial charge in [-0.15, -0.1) is 0 Å². The van der Waals surface area contributed by atoms with Gasteiger partial charge in [0, 0.05) is 10.6 Å². The minimum atomic E-state index is -0.839. The van der Waals surface area contributed by atoms with Gasteiger partial charge in [-0.3, -0.25) is 14.9 Å². The molecule has 0 aliphatic carbocycles. The number of methoxy groups -OCH3 is 2. The number of fused-ring (bicyclic) bond motifs is 1. The van der Waals surface area contributed by atoms with E-state index in [0.717, 1.165) is 15.7 Å². The van der Waals surface area contributed by atoms with E-state index in [0.29, 0.717) is 33.3 Å². The summed E-state index contributed by atoms with van der Waals surface area (Å²) in [6.45, 7) is 1.69. The first-order chi connectivity index (χ1) is 15.3. The summed E-state index contributed by atoms with van der Waals surface area (Å²) in [4.78, 5) is 39.5. The molecule has 0 spiro atoms. The average Bonchev–Trinajstić information content (AvgIpc) is 2.78. The molecular formula is C24H19ClN2O5. The van der Waals surface area contributed by atoms with E-state index in [2.05, 4.69) is 5.32 Å². The minimum Gasteiger partial charge on any atom is -0.497 e. The topological polar surface area (TPSA) is 84.9 Å². The van der Waals surface area contributed by atoms with Gasteiger partial charge in [-0.1, -0.05) is 29.8 Å². The first kappa shape index (κ1) is 21.4. The van der Waals surface area contributed by atoms with Crippen molar-refractivity contribution in [1.29, 1.82) is 0 Å². The zero-order chi connectivity index (χ0) is 23.0. The van der Waals surface area contributed by atoms with Gasteiger partial charge in [-0.25, -0.2) is 9.69 Å². The zero-order valence-corrected chi connectivity index (χ0v) is 18.3. The van der Waals surface area contributed by atoms with Crippen molar-refractivity contribution in [2.45, 2.75) is 6.92 Å². The molecule has 0 radical (unpaired) electrons. The van der Waals surface area contributed by atoms with Crippen LogP contribution < -0.4 is 19.7 Å². The van der Waals surface area contributed by atoms with E-state index >= 15 is 0 Å². The molecule has 0 bridgehead atoms. The number of carbonyl (C=O) groups excluding carboxylic acids is 3. The van der Waals surface area contributed by atoms with Gasteiger partial charge in [0.05, 0.1) is 19.9 Å². The third-order valence-electron chi connectivity index (χ3n) is 5.32. The maximum Gasteiger partial charge on any atom is 0.335 e. The smallest absolute Gasteiger partial charge is 0.335 e. The van der Waals surface area contributed by atoms with Gasteiger partial charge in [0.15, 0.2) is 0 Å². The molecule has 3 aromatic rings. The Kier molecular flexibility index (Phi) is 5.59. The highest BCUT2D eigenvalue weighted by Crippen LogP contribution is 2.34. The summed E-state index contributed by atoms with van der Waals surface area (Å²) >= 11 is 6.18. The number of carbonyl (C=O) groups is 3. The highest BCUT2D eigenvalue weighted by atomic mass is 35.5. The molecule has 0 saturated carbocycles. The second-order valence-corrected chi connectivity index (χ2v) is 7.52. The van der Waals surface area contributed by atoms with Crippen LogP contribution in [-0.4, -0.2) is 32.1 Å². The largest absolute Gasteiger partial charge is 0.497 e. The standard InChI is InChI=1S/C24H19ClN2O5/c1-13-19(25)5-4-6-20(13)27-23(29)18(22(28)26-24(27)30)12-17-16-11-15(31-2)9-7-14(16)8-10-21(17)32-3/h4-12H,1-3H3,(H,26,28,30)/b18-12+. The van der Waals surface area contributed by atoms with Crippen molar-refractivity contribution in [3.05, 3.63) is 70.3 Å². The van der Waals surface area contributed by atoms with Crippen LogP contribution in [0.3, 0.4) is 0 Å². The lowest BCUT2D eigenvalue weighted by atomic mass is 9.99. The lowest BCUT2D eigenvalue weighted by Gasteiger charge is -2.28. The quantitative estimate of drug-likeness (QED) is 0.467. The third-order valence-corrected chi connectivity index (χ3v) is 5.73. The van der Waals surface area contributed by atoms with Crippen molar-refractivity contribution in [3.63, 3.8) is 0 Å². The molecule has 1 heterocycles. The zero-order valence-electron chi connectivity index (χ0n) is 17.6. The van der Waals surface area contributed by atoms with E-state index in [9.17, 15) is 14.4 Å². The highest BCUT2D eigenvalue weighted by Gasteiger charge is 2.38. The third kappa shape index (κ3) is 3.56. The number of hydrogen-bond acceptors (Lipinski definition) is 5. The summed E-state index contributed by atoms with van der Waals surface area (Å²) in [5.41, 5.74) is 1.14. The number of rotatable bonds is 4. The fourth-order valence-electron chi connectivity index (χ4n) is 3.61. The Labute approximate surface area is 189 Å². The number of nitrogens with zero attached hydrogens (tertiary/aromatic N) is 1. The van der Waals surface area contributed by atoms with Crippen LogP contribution >= 0.6 is 11.6 Å². The fourth-order valence-corrected chi connectivity index (χ4v) is 3.78. The van der Waals surface area contributed by atoms with E-state index in [1.165, 1.54) is 13.2 Å². The molecule has 0 unspecified atom stereocenters. The van der Waals surface area contributed by atoms with Gasteiger partial charge in [0.1, 0.15) is 17.1 Å². The van der Waals surface area contributed by atoms with Gasteiger partial charge < -0.3 is 9.47 Å². The van der Waals surface area contributed by atoms with Crippen molar-refractivity contribution in [2.24, 2.45) is 0 Å². The molecule has 1 aliphatic heterocycles. The van der Waals surface area contributed by atoms with Crippen molar-refractivity contribution in [2.75, 3.05) is 19.1 Å². The van der Waals surface area contributed by atoms with E-state index < -0.39 is 17.8 Å². The van der Waals surface area contributed by atoms with E-state index in [1.54, 1.807) is 44.4 Å². The SMILES string of the molecule is COc1ccc2ccc(OC)c(/C=C3\C(=O)NC(=O)N(c4cccc(Cl)c4C)C3=O)c2c1. The Balaban J connectivity index is 1.91. The Morgan fingerprint density at radius 3 is 2.47 bits per heavy atom. The number of hydrogen-bond donors (Lipinski definition) is 1. The second kappa shape index (κ2) is 8.36. The maximum absolute atomic E-state index is 13.3. The Bertz CT molecular complexity index is 1310. The number of benzene rings is 3. The Morgan fingerprint density at radius 2 is 1.75 bits per heavy atom. The fraction of sp³-hybridized carbons (Fsp3) is 0.125. The Morgan fingerprint density at radius 1 is 1.00 bits per heavy atom. The first-order valence-electron chi connectivity index (χ1n) is 9.67. The molecule has 4 rings (SSSR count). The van der Waals surface area contributed by atoms with Gasteiger partial charge >= 0.3 is 6.03 Å². The monoisotopic (exact) mass is 450 g/mol. The summed E-state index contributed by atoms with van der Waals surface area (Å²) in [5.74, 6) is -0.485. The van der Waals surface area contributed by atoms with Crippen LogP contribution in [0.15, 0.2) is 54.1 Å². The number of anilines is 1. The van der Waals surface area contributed by atoms with E-state index in [1.807, 2.05) is 18.2 Å². The number of imide groups is 2. The van der Waals surface area contributed by atoms with Crippen molar-refractivity contribution >= 4 is 52.0 Å². The molecule has 1 N–H and O–H groups in total. The summed E-state index contributed by atoms with van der Waals surface area (Å²) in [6.07, 6.45) is 1.43. The highest BCUT2D eigenvalue weighted by molar-refractivity contribution is 6.40. The Hall–Kier alpha value is -3.84. The maximum atomic E-state index is 13.3. The molecule has 7 nitrogen and oxygen atoms in total. The molecule has 1 fully saturated rings. The van der Waals surface area contributed by atoms with Crippen molar-refractivity contribution in [1.82, 2.24) is 5.32 Å². The van der Waals surface area contributed by atoms with Gasteiger partial charge in [0.25, 0.3) is 11.8 Å². The molecular weight excluding hydrogens is 432 g/mol. The number of amides is 4. The normalized spacial score (nSPS) is 15.3. The molecule has 8 heteroatoms.